The van der Waals surface area contributed by atoms with Crippen molar-refractivity contribution in [2.75, 3.05) is 33.0 Å². The number of benzene rings is 1. The summed E-state index contributed by atoms with van der Waals surface area (Å²) in [6.07, 6.45) is 2.08. The van der Waals surface area contributed by atoms with Crippen molar-refractivity contribution < 1.29 is 33.8 Å². The largest absolute Gasteiger partial charge is 0.481 e. The van der Waals surface area contributed by atoms with E-state index in [-0.39, 0.29) is 39.4 Å². The average molecular weight is 478 g/mol. The lowest BCUT2D eigenvalue weighted by atomic mass is 9.69. The topological polar surface area (TPSA) is 189 Å². The molecule has 0 radical (unpaired) electrons. The zero-order valence-electron chi connectivity index (χ0n) is 18.8. The summed E-state index contributed by atoms with van der Waals surface area (Å²) in [5, 5.41) is 19.0. The molecule has 1 aromatic carbocycles. The first-order valence-electron chi connectivity index (χ1n) is 10.9. The van der Waals surface area contributed by atoms with Crippen LogP contribution in [-0.2, 0) is 35.1 Å². The van der Waals surface area contributed by atoms with Gasteiger partial charge in [0.2, 0.25) is 23.6 Å². The molecule has 1 aliphatic rings. The number of amides is 4. The predicted octanol–water partition coefficient (Wildman–Crippen LogP) is -1.75. The Morgan fingerprint density at radius 3 is 2.24 bits per heavy atom. The molecule has 1 aliphatic carbocycles. The summed E-state index contributed by atoms with van der Waals surface area (Å²) in [5.74, 6) is -3.13. The molecule has 1 aromatic rings. The number of nitrogens with two attached hydrogens (primary N) is 1. The molecule has 4 amide bonds. The van der Waals surface area contributed by atoms with Crippen molar-refractivity contribution in [2.45, 2.75) is 31.7 Å². The fourth-order valence-electron chi connectivity index (χ4n) is 3.31. The molecule has 7 N–H and O–H groups in total. The summed E-state index contributed by atoms with van der Waals surface area (Å²) >= 11 is 0. The Morgan fingerprint density at radius 1 is 0.971 bits per heavy atom. The second kappa shape index (κ2) is 13.3. The monoisotopic (exact) mass is 477 g/mol. The van der Waals surface area contributed by atoms with Gasteiger partial charge in [-0.15, -0.1) is 0 Å². The molecule has 0 aliphatic heterocycles. The molecule has 0 bridgehead atoms. The SMILES string of the molecule is NCC(=O)NCC(=O)N[C@@H](Cc1ccccc1)C(=O)NCC(=O)NCOCC1(C(=O)O)CCC1. The predicted molar refractivity (Wildman–Crippen MR) is 120 cm³/mol. The summed E-state index contributed by atoms with van der Waals surface area (Å²) in [6.45, 7) is -1.16. The number of rotatable bonds is 14. The third kappa shape index (κ3) is 8.45. The quantitative estimate of drug-likeness (QED) is 0.134. The molecule has 1 saturated carbocycles. The maximum atomic E-state index is 12.7. The zero-order valence-corrected chi connectivity index (χ0v) is 18.8. The highest BCUT2D eigenvalue weighted by molar-refractivity contribution is 5.92. The number of ether oxygens (including phenoxy) is 1. The summed E-state index contributed by atoms with van der Waals surface area (Å²) in [4.78, 5) is 59.4. The Labute approximate surface area is 197 Å². The van der Waals surface area contributed by atoms with E-state index in [4.69, 9.17) is 10.5 Å². The van der Waals surface area contributed by atoms with Crippen LogP contribution in [0, 0.1) is 5.41 Å². The van der Waals surface area contributed by atoms with Crippen LogP contribution < -0.4 is 27.0 Å². The molecule has 1 fully saturated rings. The maximum absolute atomic E-state index is 12.7. The van der Waals surface area contributed by atoms with Crippen molar-refractivity contribution in [3.05, 3.63) is 35.9 Å². The first kappa shape index (κ1) is 26.7. The summed E-state index contributed by atoms with van der Waals surface area (Å²) < 4.78 is 5.29. The maximum Gasteiger partial charge on any atom is 0.311 e. The van der Waals surface area contributed by atoms with Gasteiger partial charge in [-0.25, -0.2) is 0 Å². The number of carbonyl (C=O) groups is 5. The molecule has 0 saturated heterocycles. The zero-order chi connectivity index (χ0) is 25.0. The van der Waals surface area contributed by atoms with Gasteiger partial charge in [0, 0.05) is 6.42 Å². The van der Waals surface area contributed by atoms with Crippen molar-refractivity contribution in [1.29, 1.82) is 0 Å². The lowest BCUT2D eigenvalue weighted by Gasteiger charge is -2.37. The summed E-state index contributed by atoms with van der Waals surface area (Å²) in [6, 6.07) is 7.99. The van der Waals surface area contributed by atoms with Crippen molar-refractivity contribution in [3.8, 4) is 0 Å². The third-order valence-corrected chi connectivity index (χ3v) is 5.50. The second-order valence-corrected chi connectivity index (χ2v) is 8.04. The summed E-state index contributed by atoms with van der Waals surface area (Å²) in [7, 11) is 0. The van der Waals surface area contributed by atoms with Crippen LogP contribution in [0.4, 0.5) is 0 Å². The molecular weight excluding hydrogens is 446 g/mol. The molecule has 0 heterocycles. The molecule has 12 heteroatoms. The highest BCUT2D eigenvalue weighted by atomic mass is 16.5. The smallest absolute Gasteiger partial charge is 0.311 e. The van der Waals surface area contributed by atoms with Gasteiger partial charge in [0.25, 0.3) is 0 Å². The van der Waals surface area contributed by atoms with Crippen LogP contribution in [0.15, 0.2) is 30.3 Å². The molecule has 0 spiro atoms. The first-order valence-corrected chi connectivity index (χ1v) is 10.9. The van der Waals surface area contributed by atoms with Crippen LogP contribution in [0.5, 0.6) is 0 Å². The van der Waals surface area contributed by atoms with Crippen LogP contribution >= 0.6 is 0 Å². The molecule has 0 unspecified atom stereocenters. The average Bonchev–Trinajstić information content (AvgIpc) is 2.79. The minimum atomic E-state index is -0.984. The van der Waals surface area contributed by atoms with Crippen LogP contribution in [0.1, 0.15) is 24.8 Å². The molecular formula is C22H31N5O7. The first-order chi connectivity index (χ1) is 16.3. The van der Waals surface area contributed by atoms with Gasteiger partial charge in [0.15, 0.2) is 0 Å². The minimum Gasteiger partial charge on any atom is -0.481 e. The van der Waals surface area contributed by atoms with E-state index in [1.807, 2.05) is 6.07 Å². The van der Waals surface area contributed by atoms with Gasteiger partial charge >= 0.3 is 5.97 Å². The number of carboxylic acids is 1. The Kier molecular flexibility index (Phi) is 10.4. The van der Waals surface area contributed by atoms with Gasteiger partial charge in [-0.1, -0.05) is 36.8 Å². The normalized spacial score (nSPS) is 14.7. The number of nitrogens with one attached hydrogen (secondary N) is 4. The Morgan fingerprint density at radius 2 is 1.65 bits per heavy atom. The van der Waals surface area contributed by atoms with Crippen molar-refractivity contribution in [2.24, 2.45) is 11.1 Å². The van der Waals surface area contributed by atoms with Crippen molar-refractivity contribution >= 4 is 29.6 Å². The van der Waals surface area contributed by atoms with Crippen LogP contribution in [-0.4, -0.2) is 73.7 Å². The van der Waals surface area contributed by atoms with E-state index < -0.39 is 41.1 Å². The van der Waals surface area contributed by atoms with Crippen molar-refractivity contribution in [3.63, 3.8) is 0 Å². The van der Waals surface area contributed by atoms with E-state index in [1.54, 1.807) is 24.3 Å². The van der Waals surface area contributed by atoms with Gasteiger partial charge in [-0.05, 0) is 18.4 Å². The highest BCUT2D eigenvalue weighted by Gasteiger charge is 2.44. The van der Waals surface area contributed by atoms with E-state index in [9.17, 15) is 29.1 Å². The van der Waals surface area contributed by atoms with Gasteiger partial charge in [0.1, 0.15) is 12.8 Å². The van der Waals surface area contributed by atoms with E-state index in [0.717, 1.165) is 12.0 Å². The lowest BCUT2D eigenvalue weighted by Crippen LogP contribution is -2.52. The van der Waals surface area contributed by atoms with Crippen LogP contribution in [0.25, 0.3) is 0 Å². The van der Waals surface area contributed by atoms with E-state index >= 15 is 0 Å². The van der Waals surface area contributed by atoms with E-state index in [0.29, 0.717) is 12.8 Å². The molecule has 186 valence electrons. The molecule has 1 atom stereocenters. The van der Waals surface area contributed by atoms with Gasteiger partial charge in [-0.2, -0.15) is 0 Å². The van der Waals surface area contributed by atoms with Crippen LogP contribution in [0.3, 0.4) is 0 Å². The van der Waals surface area contributed by atoms with Crippen LogP contribution in [0.2, 0.25) is 0 Å². The third-order valence-electron chi connectivity index (χ3n) is 5.50. The second-order valence-electron chi connectivity index (χ2n) is 8.04. The van der Waals surface area contributed by atoms with Crippen molar-refractivity contribution in [1.82, 2.24) is 21.3 Å². The number of carbonyl (C=O) groups excluding carboxylic acids is 4. The molecule has 34 heavy (non-hydrogen) atoms. The molecule has 0 aromatic heterocycles. The van der Waals surface area contributed by atoms with Gasteiger partial charge in [0.05, 0.1) is 31.7 Å². The number of hydrogen-bond donors (Lipinski definition) is 6. The molecule has 2 rings (SSSR count). The number of hydrogen-bond acceptors (Lipinski definition) is 7. The highest BCUT2D eigenvalue weighted by Crippen LogP contribution is 2.41. The Balaban J connectivity index is 1.80. The van der Waals surface area contributed by atoms with E-state index in [2.05, 4.69) is 21.3 Å². The fourth-order valence-corrected chi connectivity index (χ4v) is 3.31. The van der Waals surface area contributed by atoms with Gasteiger partial charge < -0.3 is 36.8 Å². The number of aliphatic carboxylic acids is 1. The van der Waals surface area contributed by atoms with Gasteiger partial charge in [-0.3, -0.25) is 24.0 Å². The Bertz CT molecular complexity index is 874. The number of carboxylic acid groups (broad SMARTS) is 1. The summed E-state index contributed by atoms with van der Waals surface area (Å²) in [5.41, 5.74) is 5.09. The Hall–Kier alpha value is -3.51. The lowest BCUT2D eigenvalue weighted by molar-refractivity contribution is -0.160. The molecule has 12 nitrogen and oxygen atoms in total. The minimum absolute atomic E-state index is 0.000842. The van der Waals surface area contributed by atoms with E-state index in [1.165, 1.54) is 0 Å². The standard InChI is InChI=1S/C22H31N5O7/c23-10-17(28)24-12-19(30)27-16(9-15-5-2-1-3-6-15)20(31)25-11-18(29)26-14-34-13-22(21(32)33)7-4-8-22/h1-3,5-6,16H,4,7-14,23H2,(H,24,28)(H,25,31)(H,26,29)(H,27,30)(H,32,33)/t16-/m0/s1. The fraction of sp³-hybridized carbons (Fsp3) is 0.500.